The van der Waals surface area contributed by atoms with Gasteiger partial charge in [0.1, 0.15) is 0 Å². The van der Waals surface area contributed by atoms with Crippen molar-refractivity contribution in [3.05, 3.63) is 12.2 Å². The lowest BCUT2D eigenvalue weighted by Gasteiger charge is -2.32. The third kappa shape index (κ3) is 11.7. The van der Waals surface area contributed by atoms with Crippen LogP contribution < -0.4 is 11.1 Å². The van der Waals surface area contributed by atoms with Gasteiger partial charge in [-0.2, -0.15) is 0 Å². The Bertz CT molecular complexity index is 350. The molecule has 0 bridgehead atoms. The van der Waals surface area contributed by atoms with Crippen molar-refractivity contribution in [2.24, 2.45) is 11.7 Å². The molecule has 1 amide bonds. The van der Waals surface area contributed by atoms with Crippen LogP contribution in [0.15, 0.2) is 12.2 Å². The summed E-state index contributed by atoms with van der Waals surface area (Å²) < 4.78 is 0. The zero-order chi connectivity index (χ0) is 18.4. The molecule has 3 nitrogen and oxygen atoms in total. The van der Waals surface area contributed by atoms with Crippen LogP contribution in [0.5, 0.6) is 0 Å². The normalized spacial score (nSPS) is 14.9. The molecule has 0 saturated carbocycles. The van der Waals surface area contributed by atoms with Gasteiger partial charge >= 0.3 is 0 Å². The number of nitrogens with one attached hydrogen (secondary N) is 1. The number of hydrogen-bond acceptors (Lipinski definition) is 2. The fourth-order valence-electron chi connectivity index (χ4n) is 2.98. The quantitative estimate of drug-likeness (QED) is 0.313. The number of rotatable bonds is 15. The van der Waals surface area contributed by atoms with Gasteiger partial charge < -0.3 is 11.1 Å². The van der Waals surface area contributed by atoms with Crippen molar-refractivity contribution in [1.29, 1.82) is 0 Å². The Labute approximate surface area is 150 Å². The maximum absolute atomic E-state index is 11.4. The van der Waals surface area contributed by atoms with Crippen LogP contribution in [0.4, 0.5) is 0 Å². The van der Waals surface area contributed by atoms with Crippen molar-refractivity contribution < 1.29 is 4.79 Å². The fourth-order valence-corrected chi connectivity index (χ4v) is 2.98. The summed E-state index contributed by atoms with van der Waals surface area (Å²) in [7, 11) is 0. The van der Waals surface area contributed by atoms with Gasteiger partial charge in [-0.1, -0.05) is 71.8 Å². The van der Waals surface area contributed by atoms with Crippen LogP contribution in [0.3, 0.4) is 0 Å². The SMILES string of the molecule is C=C(C)C(=O)NCCCC(C)(N)C(C)CCCCCCCCCC. The number of unbranched alkanes of at least 4 members (excludes halogenated alkanes) is 7. The second-order valence-corrected chi connectivity index (χ2v) is 7.81. The first-order valence-corrected chi connectivity index (χ1v) is 10.0. The van der Waals surface area contributed by atoms with Gasteiger partial charge in [0.05, 0.1) is 0 Å². The molecule has 0 aromatic rings. The van der Waals surface area contributed by atoms with Crippen LogP contribution in [-0.4, -0.2) is 18.0 Å². The van der Waals surface area contributed by atoms with E-state index >= 15 is 0 Å². The Morgan fingerprint density at radius 2 is 1.62 bits per heavy atom. The number of nitrogens with two attached hydrogens (primary N) is 1. The van der Waals surface area contributed by atoms with Gasteiger partial charge in [-0.15, -0.1) is 0 Å². The van der Waals surface area contributed by atoms with E-state index in [0.29, 0.717) is 18.0 Å². The third-order valence-corrected chi connectivity index (χ3v) is 5.18. The van der Waals surface area contributed by atoms with Crippen molar-refractivity contribution in [2.45, 2.75) is 104 Å². The Kier molecular flexibility index (Phi) is 13.0. The summed E-state index contributed by atoms with van der Waals surface area (Å²) in [5.74, 6) is 0.468. The zero-order valence-electron chi connectivity index (χ0n) is 16.8. The number of amides is 1. The number of carbonyl (C=O) groups is 1. The molecule has 0 aromatic carbocycles. The van der Waals surface area contributed by atoms with Gasteiger partial charge in [0.25, 0.3) is 0 Å². The van der Waals surface area contributed by atoms with Crippen LogP contribution >= 0.6 is 0 Å². The molecule has 0 saturated heterocycles. The molecule has 2 atom stereocenters. The van der Waals surface area contributed by atoms with Crippen molar-refractivity contribution in [1.82, 2.24) is 5.32 Å². The minimum absolute atomic E-state index is 0.0549. The van der Waals surface area contributed by atoms with Gasteiger partial charge in [-0.25, -0.2) is 0 Å². The van der Waals surface area contributed by atoms with Gasteiger partial charge in [0.15, 0.2) is 0 Å². The minimum Gasteiger partial charge on any atom is -0.352 e. The summed E-state index contributed by atoms with van der Waals surface area (Å²) in [4.78, 5) is 11.4. The molecule has 0 fully saturated rings. The summed E-state index contributed by atoms with van der Waals surface area (Å²) in [6, 6.07) is 0. The molecular formula is C21H42N2O. The first kappa shape index (κ1) is 23.2. The van der Waals surface area contributed by atoms with Crippen LogP contribution in [0.2, 0.25) is 0 Å². The maximum Gasteiger partial charge on any atom is 0.246 e. The standard InChI is InChI=1S/C21H42N2O/c1-6-7-8-9-10-11-12-13-15-19(4)21(5,22)16-14-17-23-20(24)18(2)3/h19H,2,6-17,22H2,1,3-5H3,(H,23,24). The highest BCUT2D eigenvalue weighted by Gasteiger charge is 2.25. The molecule has 0 spiro atoms. The zero-order valence-corrected chi connectivity index (χ0v) is 16.8. The second kappa shape index (κ2) is 13.5. The van der Waals surface area contributed by atoms with Crippen molar-refractivity contribution >= 4 is 5.91 Å². The lowest BCUT2D eigenvalue weighted by atomic mass is 9.81. The Balaban J connectivity index is 3.73. The maximum atomic E-state index is 11.4. The van der Waals surface area contributed by atoms with Crippen LogP contribution in [0, 0.1) is 5.92 Å². The topological polar surface area (TPSA) is 55.1 Å². The molecule has 24 heavy (non-hydrogen) atoms. The molecule has 0 radical (unpaired) electrons. The smallest absolute Gasteiger partial charge is 0.246 e. The molecule has 142 valence electrons. The summed E-state index contributed by atoms with van der Waals surface area (Å²) in [5, 5.41) is 2.88. The van der Waals surface area contributed by atoms with E-state index in [1.807, 2.05) is 0 Å². The monoisotopic (exact) mass is 338 g/mol. The predicted molar refractivity (Wildman–Crippen MR) is 106 cm³/mol. The van der Waals surface area contributed by atoms with Crippen molar-refractivity contribution in [2.75, 3.05) is 6.54 Å². The average Bonchev–Trinajstić information content (AvgIpc) is 2.53. The van der Waals surface area contributed by atoms with E-state index in [9.17, 15) is 4.79 Å². The van der Waals surface area contributed by atoms with E-state index in [1.165, 1.54) is 57.8 Å². The van der Waals surface area contributed by atoms with E-state index < -0.39 is 0 Å². The predicted octanol–water partition coefficient (Wildman–Crippen LogP) is 5.34. The van der Waals surface area contributed by atoms with Gasteiger partial charge in [-0.3, -0.25) is 4.79 Å². The van der Waals surface area contributed by atoms with E-state index in [4.69, 9.17) is 5.73 Å². The summed E-state index contributed by atoms with van der Waals surface area (Å²) in [5.41, 5.74) is 6.92. The molecule has 0 rings (SSSR count). The van der Waals surface area contributed by atoms with E-state index in [1.54, 1.807) is 6.92 Å². The highest BCUT2D eigenvalue weighted by molar-refractivity contribution is 5.91. The Morgan fingerprint density at radius 1 is 1.08 bits per heavy atom. The largest absolute Gasteiger partial charge is 0.352 e. The Hall–Kier alpha value is -0.830. The highest BCUT2D eigenvalue weighted by atomic mass is 16.1. The van der Waals surface area contributed by atoms with Gasteiger partial charge in [0.2, 0.25) is 5.91 Å². The highest BCUT2D eigenvalue weighted by Crippen LogP contribution is 2.25. The van der Waals surface area contributed by atoms with Crippen LogP contribution in [0.1, 0.15) is 98.3 Å². The lowest BCUT2D eigenvalue weighted by Crippen LogP contribution is -2.43. The second-order valence-electron chi connectivity index (χ2n) is 7.81. The minimum atomic E-state index is -0.144. The molecule has 3 heteroatoms. The van der Waals surface area contributed by atoms with Crippen LogP contribution in [0.25, 0.3) is 0 Å². The molecule has 0 aromatic heterocycles. The van der Waals surface area contributed by atoms with Gasteiger partial charge in [-0.05, 0) is 39.0 Å². The lowest BCUT2D eigenvalue weighted by molar-refractivity contribution is -0.117. The molecule has 3 N–H and O–H groups in total. The summed E-state index contributed by atoms with van der Waals surface area (Å²) in [6.45, 7) is 12.7. The first-order chi connectivity index (χ1) is 11.3. The van der Waals surface area contributed by atoms with E-state index in [-0.39, 0.29) is 11.4 Å². The molecule has 0 heterocycles. The molecule has 0 aliphatic rings. The van der Waals surface area contributed by atoms with Crippen molar-refractivity contribution in [3.8, 4) is 0 Å². The fraction of sp³-hybridized carbons (Fsp3) is 0.857. The van der Waals surface area contributed by atoms with E-state index in [0.717, 1.165) is 12.8 Å². The summed E-state index contributed by atoms with van der Waals surface area (Å²) in [6.07, 6.45) is 14.0. The van der Waals surface area contributed by atoms with Crippen LogP contribution in [-0.2, 0) is 4.79 Å². The van der Waals surface area contributed by atoms with Gasteiger partial charge in [0, 0.05) is 17.7 Å². The summed E-state index contributed by atoms with van der Waals surface area (Å²) >= 11 is 0. The van der Waals surface area contributed by atoms with E-state index in [2.05, 4.69) is 32.7 Å². The molecular weight excluding hydrogens is 296 g/mol. The third-order valence-electron chi connectivity index (χ3n) is 5.18. The number of hydrogen-bond donors (Lipinski definition) is 2. The number of carbonyl (C=O) groups excluding carboxylic acids is 1. The molecule has 2 unspecified atom stereocenters. The molecule has 0 aliphatic heterocycles. The Morgan fingerprint density at radius 3 is 2.17 bits per heavy atom. The first-order valence-electron chi connectivity index (χ1n) is 10.0. The molecule has 0 aliphatic carbocycles. The van der Waals surface area contributed by atoms with Crippen molar-refractivity contribution in [3.63, 3.8) is 0 Å². The average molecular weight is 339 g/mol.